The van der Waals surface area contributed by atoms with E-state index >= 15 is 0 Å². The summed E-state index contributed by atoms with van der Waals surface area (Å²) in [6.45, 7) is 2.01. The minimum atomic E-state index is -1.16. The number of azide groups is 1. The third kappa shape index (κ3) is 4.12. The van der Waals surface area contributed by atoms with E-state index in [1.165, 1.54) is 0 Å². The van der Waals surface area contributed by atoms with Gasteiger partial charge in [-0.15, -0.1) is 0 Å². The average molecular weight is 415 g/mol. The summed E-state index contributed by atoms with van der Waals surface area (Å²) >= 11 is 0. The van der Waals surface area contributed by atoms with Crippen LogP contribution < -0.4 is 0 Å². The number of aliphatic hydroxyl groups is 1. The highest BCUT2D eigenvalue weighted by atomic mass is 16.3. The Hall–Kier alpha value is -3.74. The molecule has 0 spiro atoms. The Morgan fingerprint density at radius 3 is 2.39 bits per heavy atom. The topological polar surface area (TPSA) is 121 Å². The molecule has 1 saturated carbocycles. The normalized spacial score (nSPS) is 15.4. The minimum Gasteiger partial charge on any atom is -0.383 e. The summed E-state index contributed by atoms with van der Waals surface area (Å²) in [5, 5.41) is 19.0. The summed E-state index contributed by atoms with van der Waals surface area (Å²) in [7, 11) is 0. The van der Waals surface area contributed by atoms with E-state index in [0.29, 0.717) is 37.1 Å². The summed E-state index contributed by atoms with van der Waals surface area (Å²) in [5.41, 5.74) is 11.6. The molecule has 4 rings (SSSR count). The van der Waals surface area contributed by atoms with E-state index in [4.69, 9.17) is 10.6 Å². The van der Waals surface area contributed by atoms with E-state index in [1.54, 1.807) is 28.9 Å². The maximum Gasteiger partial charge on any atom is 0.249 e. The van der Waals surface area contributed by atoms with Crippen molar-refractivity contribution in [2.24, 2.45) is 5.11 Å². The van der Waals surface area contributed by atoms with Gasteiger partial charge in [0.25, 0.3) is 0 Å². The molecule has 0 unspecified atom stereocenters. The van der Waals surface area contributed by atoms with Crippen LogP contribution in [-0.4, -0.2) is 26.6 Å². The largest absolute Gasteiger partial charge is 0.383 e. The van der Waals surface area contributed by atoms with E-state index in [-0.39, 0.29) is 11.3 Å². The lowest BCUT2D eigenvalue weighted by atomic mass is 9.82. The zero-order valence-corrected chi connectivity index (χ0v) is 17.0. The van der Waals surface area contributed by atoms with Gasteiger partial charge in [-0.05, 0) is 60.7 Å². The fraction of sp³-hybridized carbons (Fsp3) is 0.261. The number of hydrogen-bond donors (Lipinski definition) is 1. The molecule has 3 aromatic rings. The van der Waals surface area contributed by atoms with Crippen LogP contribution in [0, 0.1) is 6.92 Å². The molecule has 0 radical (unpaired) electrons. The van der Waals surface area contributed by atoms with E-state index in [1.807, 2.05) is 37.3 Å². The van der Waals surface area contributed by atoms with Crippen LogP contribution in [0.2, 0.25) is 0 Å². The summed E-state index contributed by atoms with van der Waals surface area (Å²) in [4.78, 5) is 26.0. The zero-order valence-electron chi connectivity index (χ0n) is 17.0. The molecular formula is C23H21N5O3. The van der Waals surface area contributed by atoms with E-state index in [2.05, 4.69) is 10.0 Å². The van der Waals surface area contributed by atoms with Gasteiger partial charge < -0.3 is 5.11 Å². The third-order valence-electron chi connectivity index (χ3n) is 5.66. The molecule has 1 heterocycles. The third-order valence-corrected chi connectivity index (χ3v) is 5.66. The Labute approximate surface area is 178 Å². The summed E-state index contributed by atoms with van der Waals surface area (Å²) in [6, 6.07) is 16.4. The lowest BCUT2D eigenvalue weighted by molar-refractivity contribution is -0.125. The van der Waals surface area contributed by atoms with Crippen molar-refractivity contribution >= 4 is 11.7 Å². The monoisotopic (exact) mass is 415 g/mol. The molecule has 1 amide bonds. The first-order valence-electron chi connectivity index (χ1n) is 10.0. The number of aromatic nitrogens is 2. The highest BCUT2D eigenvalue weighted by molar-refractivity contribution is 5.95. The summed E-state index contributed by atoms with van der Waals surface area (Å²) in [5.74, 6) is -0.502. The number of aryl methyl sites for hydroxylation is 1. The first kappa shape index (κ1) is 20.5. The van der Waals surface area contributed by atoms with Crippen molar-refractivity contribution in [3.8, 4) is 16.9 Å². The predicted molar refractivity (Wildman–Crippen MR) is 115 cm³/mol. The van der Waals surface area contributed by atoms with Gasteiger partial charge in [0.05, 0.1) is 17.1 Å². The van der Waals surface area contributed by atoms with Gasteiger partial charge in [-0.3, -0.25) is 9.59 Å². The number of ketones is 1. The average Bonchev–Trinajstić information content (AvgIpc) is 3.23. The van der Waals surface area contributed by atoms with Crippen molar-refractivity contribution in [1.29, 1.82) is 0 Å². The maximum atomic E-state index is 11.8. The Morgan fingerprint density at radius 1 is 1.13 bits per heavy atom. The van der Waals surface area contributed by atoms with Crippen molar-refractivity contribution in [2.75, 3.05) is 0 Å². The van der Waals surface area contributed by atoms with Crippen LogP contribution in [0.3, 0.4) is 0 Å². The second-order valence-corrected chi connectivity index (χ2v) is 7.80. The molecule has 1 aromatic heterocycles. The molecule has 0 atom stereocenters. The quantitative estimate of drug-likeness (QED) is 0.379. The number of nitrogens with zero attached hydrogens (tertiary/aromatic N) is 5. The lowest BCUT2D eigenvalue weighted by Gasteiger charge is -2.29. The van der Waals surface area contributed by atoms with E-state index < -0.39 is 11.5 Å². The molecule has 156 valence electrons. The number of amides is 1. The second kappa shape index (κ2) is 8.18. The number of carbonyl (C=O) groups excluding carboxylic acids is 2. The second-order valence-electron chi connectivity index (χ2n) is 7.80. The van der Waals surface area contributed by atoms with Crippen molar-refractivity contribution in [1.82, 2.24) is 9.78 Å². The number of Topliss-reactive ketones (excluding diaryl/α,β-unsaturated/α-hetero) is 1. The van der Waals surface area contributed by atoms with Gasteiger partial charge in [-0.2, -0.15) is 5.10 Å². The van der Waals surface area contributed by atoms with Crippen molar-refractivity contribution in [3.63, 3.8) is 0 Å². The van der Waals surface area contributed by atoms with Crippen molar-refractivity contribution in [2.45, 2.75) is 38.2 Å². The van der Waals surface area contributed by atoms with Crippen LogP contribution >= 0.6 is 0 Å². The molecule has 8 heteroatoms. The van der Waals surface area contributed by atoms with Gasteiger partial charge in [0, 0.05) is 28.9 Å². The standard InChI is InChI=1S/C23H21N5O3/c1-15-2-4-16(5-3-15)20-14-21(23(31)12-10-19(29)11-13-23)26-28(20)18-8-6-17(7-9-18)22(30)25-27-24/h2-9,14,31H,10-13H2,1H3. The molecular weight excluding hydrogens is 394 g/mol. The molecule has 0 bridgehead atoms. The van der Waals surface area contributed by atoms with E-state index in [9.17, 15) is 14.7 Å². The first-order chi connectivity index (χ1) is 14.9. The fourth-order valence-electron chi connectivity index (χ4n) is 3.78. The van der Waals surface area contributed by atoms with Crippen LogP contribution in [-0.2, 0) is 10.4 Å². The Morgan fingerprint density at radius 2 is 1.77 bits per heavy atom. The van der Waals surface area contributed by atoms with Gasteiger partial charge in [-0.25, -0.2) is 4.68 Å². The predicted octanol–water partition coefficient (Wildman–Crippen LogP) is 4.63. The van der Waals surface area contributed by atoms with Crippen LogP contribution in [0.1, 0.15) is 47.3 Å². The smallest absolute Gasteiger partial charge is 0.249 e. The van der Waals surface area contributed by atoms with Crippen LogP contribution in [0.25, 0.3) is 27.4 Å². The highest BCUT2D eigenvalue weighted by Gasteiger charge is 2.37. The van der Waals surface area contributed by atoms with Crippen LogP contribution in [0.5, 0.6) is 0 Å². The zero-order chi connectivity index (χ0) is 22.0. The first-order valence-corrected chi connectivity index (χ1v) is 10.0. The van der Waals surface area contributed by atoms with E-state index in [0.717, 1.165) is 16.8 Å². The van der Waals surface area contributed by atoms with Gasteiger partial charge in [0.15, 0.2) is 0 Å². The Balaban J connectivity index is 1.79. The van der Waals surface area contributed by atoms with Gasteiger partial charge in [0.2, 0.25) is 5.91 Å². The molecule has 31 heavy (non-hydrogen) atoms. The SMILES string of the molecule is Cc1ccc(-c2cc(C3(O)CCC(=O)CC3)nn2-c2ccc(C(=O)N=[N+]=[N-])cc2)cc1. The molecule has 1 aliphatic carbocycles. The Bertz CT molecular complexity index is 1180. The molecule has 1 aliphatic rings. The number of hydrogen-bond acceptors (Lipinski definition) is 4. The van der Waals surface area contributed by atoms with Gasteiger partial charge >= 0.3 is 0 Å². The van der Waals surface area contributed by atoms with Crippen molar-refractivity contribution in [3.05, 3.63) is 81.9 Å². The summed E-state index contributed by atoms with van der Waals surface area (Å²) < 4.78 is 1.72. The molecule has 0 saturated heterocycles. The van der Waals surface area contributed by atoms with Crippen LogP contribution in [0.15, 0.2) is 59.7 Å². The summed E-state index contributed by atoms with van der Waals surface area (Å²) in [6.07, 6.45) is 1.35. The molecule has 2 aromatic carbocycles. The fourth-order valence-corrected chi connectivity index (χ4v) is 3.78. The maximum absolute atomic E-state index is 11.8. The van der Waals surface area contributed by atoms with Gasteiger partial charge in [0.1, 0.15) is 11.4 Å². The molecule has 1 fully saturated rings. The molecule has 0 aliphatic heterocycles. The highest BCUT2D eigenvalue weighted by Crippen LogP contribution is 2.37. The van der Waals surface area contributed by atoms with Gasteiger partial charge in [-0.1, -0.05) is 29.8 Å². The molecule has 8 nitrogen and oxygen atoms in total. The van der Waals surface area contributed by atoms with Crippen molar-refractivity contribution < 1.29 is 14.7 Å². The lowest BCUT2D eigenvalue weighted by Crippen LogP contribution is -2.32. The Kier molecular flexibility index (Phi) is 5.42. The van der Waals surface area contributed by atoms with Crippen LogP contribution in [0.4, 0.5) is 0 Å². The number of benzene rings is 2. The number of rotatable bonds is 4. The minimum absolute atomic E-state index is 0.156. The molecule has 1 N–H and O–H groups in total. The number of carbonyl (C=O) groups is 2.